The van der Waals surface area contributed by atoms with Crippen LogP contribution in [0.15, 0.2) is 99.7 Å². The fraction of sp³-hybridized carbons (Fsp3) is 0.528. The molecule has 216 valence electrons. The molecule has 6 aliphatic carbocycles. The molecule has 0 amide bonds. The van der Waals surface area contributed by atoms with Gasteiger partial charge in [0.2, 0.25) is 0 Å². The third-order valence-corrected chi connectivity index (χ3v) is 10.6. The molecule has 1 heterocycles. The van der Waals surface area contributed by atoms with E-state index in [1.54, 1.807) is 0 Å². The average Bonchev–Trinajstić information content (AvgIpc) is 3.67. The molecule has 3 fully saturated rings. The third-order valence-electron chi connectivity index (χ3n) is 10.6. The van der Waals surface area contributed by atoms with Crippen LogP contribution in [0.1, 0.15) is 65.2 Å². The van der Waals surface area contributed by atoms with Crippen LogP contribution in [0.4, 0.5) is 0 Å². The highest BCUT2D eigenvalue weighted by Gasteiger charge is 2.46. The van der Waals surface area contributed by atoms with Gasteiger partial charge in [-0.05, 0) is 117 Å². The molecule has 5 nitrogen and oxygen atoms in total. The SMILES string of the molecule is CC(NC(N=C(N)C1=CC=CCC1)C1=CC(C2=CCC(C)([NH3+])C=C2)=CC2C3=CC=CCC3OC12)C1CCC2CC2C1. The van der Waals surface area contributed by atoms with Gasteiger partial charge in [-0.2, -0.15) is 0 Å². The molecule has 1 aliphatic heterocycles. The smallest absolute Gasteiger partial charge is 0.126 e. The minimum Gasteiger partial charge on any atom is -0.384 e. The Morgan fingerprint density at radius 1 is 1.15 bits per heavy atom. The quantitative estimate of drug-likeness (QED) is 0.293. The van der Waals surface area contributed by atoms with E-state index in [9.17, 15) is 0 Å². The van der Waals surface area contributed by atoms with E-state index in [0.717, 1.165) is 43.1 Å². The van der Waals surface area contributed by atoms with Gasteiger partial charge >= 0.3 is 0 Å². The summed E-state index contributed by atoms with van der Waals surface area (Å²) in [6, 6.07) is 0.359. The molecule has 0 aromatic heterocycles. The van der Waals surface area contributed by atoms with E-state index in [1.807, 2.05) is 0 Å². The van der Waals surface area contributed by atoms with Crippen molar-refractivity contribution in [2.45, 2.75) is 95.2 Å². The summed E-state index contributed by atoms with van der Waals surface area (Å²) < 4.78 is 6.85. The molecule has 2 saturated carbocycles. The molecule has 9 atom stereocenters. The highest BCUT2D eigenvalue weighted by Crippen LogP contribution is 2.52. The first-order valence-corrected chi connectivity index (χ1v) is 16.0. The number of nitrogens with two attached hydrogens (primary N) is 1. The Kier molecular flexibility index (Phi) is 7.17. The second kappa shape index (κ2) is 10.8. The highest BCUT2D eigenvalue weighted by atomic mass is 16.5. The Labute approximate surface area is 245 Å². The predicted octanol–water partition coefficient (Wildman–Crippen LogP) is 5.38. The van der Waals surface area contributed by atoms with E-state index in [-0.39, 0.29) is 29.8 Å². The summed E-state index contributed by atoms with van der Waals surface area (Å²) in [6.07, 6.45) is 34.0. The van der Waals surface area contributed by atoms with Gasteiger partial charge < -0.3 is 16.2 Å². The molecule has 5 heteroatoms. The molecule has 1 saturated heterocycles. The molecule has 7 rings (SSSR count). The van der Waals surface area contributed by atoms with Crippen LogP contribution in [0.3, 0.4) is 0 Å². The number of aliphatic imine (C=N–C) groups is 1. The largest absolute Gasteiger partial charge is 0.384 e. The van der Waals surface area contributed by atoms with Crippen LogP contribution in [0.25, 0.3) is 0 Å². The van der Waals surface area contributed by atoms with Gasteiger partial charge in [-0.25, -0.2) is 4.99 Å². The number of nitrogens with one attached hydrogen (secondary N) is 1. The Balaban J connectivity index is 1.26. The summed E-state index contributed by atoms with van der Waals surface area (Å²) in [5.41, 5.74) is 17.4. The average molecular weight is 552 g/mol. The second-order valence-corrected chi connectivity index (χ2v) is 13.9. The van der Waals surface area contributed by atoms with Crippen molar-refractivity contribution in [2.24, 2.45) is 34.4 Å². The van der Waals surface area contributed by atoms with E-state index >= 15 is 0 Å². The first-order valence-electron chi connectivity index (χ1n) is 16.0. The number of rotatable bonds is 7. The van der Waals surface area contributed by atoms with Gasteiger partial charge in [-0.15, -0.1) is 0 Å². The maximum atomic E-state index is 6.85. The number of hydrogen-bond acceptors (Lipinski definition) is 3. The summed E-state index contributed by atoms with van der Waals surface area (Å²) >= 11 is 0. The number of amidine groups is 1. The number of nitrogens with zero attached hydrogens (tertiary/aromatic N) is 1. The monoisotopic (exact) mass is 551 g/mol. The zero-order valence-electron chi connectivity index (χ0n) is 24.8. The van der Waals surface area contributed by atoms with Crippen LogP contribution in [0, 0.1) is 23.7 Å². The van der Waals surface area contributed by atoms with E-state index < -0.39 is 0 Å². The molecule has 0 radical (unpaired) electrons. The topological polar surface area (TPSA) is 87.3 Å². The lowest BCUT2D eigenvalue weighted by atomic mass is 9.78. The Morgan fingerprint density at radius 2 is 2.02 bits per heavy atom. The van der Waals surface area contributed by atoms with Crippen LogP contribution >= 0.6 is 0 Å². The number of allylic oxidation sites excluding steroid dienone is 9. The van der Waals surface area contributed by atoms with Crippen molar-refractivity contribution in [3.05, 3.63) is 94.7 Å². The Bertz CT molecular complexity index is 1350. The number of ether oxygens (including phenoxy) is 1. The van der Waals surface area contributed by atoms with Gasteiger partial charge in [0.15, 0.2) is 0 Å². The minimum absolute atomic E-state index is 0.0400. The second-order valence-electron chi connectivity index (χ2n) is 13.9. The zero-order valence-corrected chi connectivity index (χ0v) is 24.8. The standard InChI is InChI=1S/C36H46N4O/c1-22(25-12-13-26-19-27(26)18-25)39-35(40-34(37)24-8-4-3-5-9-24)31-21-28(23-14-16-36(2,38)17-15-23)20-30-29-10-6-7-11-32(29)41-33(30)31/h3-4,6-8,10,14-16,20-22,25-27,30,32-33,35,39H,5,9,11-13,17-19,38H2,1-2H3,(H2,37,40)/p+1. The molecule has 0 spiro atoms. The van der Waals surface area contributed by atoms with Gasteiger partial charge in [0.05, 0.1) is 12.2 Å². The van der Waals surface area contributed by atoms with Crippen molar-refractivity contribution in [3.63, 3.8) is 0 Å². The lowest BCUT2D eigenvalue weighted by molar-refractivity contribution is -0.452. The minimum atomic E-state index is -0.232. The van der Waals surface area contributed by atoms with Gasteiger partial charge in [0.1, 0.15) is 17.5 Å². The lowest BCUT2D eigenvalue weighted by Crippen LogP contribution is -2.69. The summed E-state index contributed by atoms with van der Waals surface area (Å²) in [6.45, 7) is 4.57. The Hall–Kier alpha value is -2.73. The molecule has 41 heavy (non-hydrogen) atoms. The first kappa shape index (κ1) is 27.1. The molecular weight excluding hydrogens is 504 g/mol. The van der Waals surface area contributed by atoms with Crippen LogP contribution in [-0.2, 0) is 4.74 Å². The van der Waals surface area contributed by atoms with Crippen molar-refractivity contribution in [3.8, 4) is 0 Å². The van der Waals surface area contributed by atoms with E-state index in [2.05, 4.69) is 91.7 Å². The maximum Gasteiger partial charge on any atom is 0.126 e. The molecular formula is C36H47N4O+. The summed E-state index contributed by atoms with van der Waals surface area (Å²) in [7, 11) is 0. The van der Waals surface area contributed by atoms with Crippen molar-refractivity contribution in [2.75, 3.05) is 0 Å². The fourth-order valence-electron chi connectivity index (χ4n) is 7.86. The Morgan fingerprint density at radius 3 is 2.80 bits per heavy atom. The molecule has 6 N–H and O–H groups in total. The molecule has 7 aliphatic rings. The van der Waals surface area contributed by atoms with Gasteiger partial charge in [-0.1, -0.05) is 54.7 Å². The highest BCUT2D eigenvalue weighted by molar-refractivity contribution is 5.97. The van der Waals surface area contributed by atoms with Crippen LogP contribution in [-0.4, -0.2) is 35.8 Å². The maximum absolute atomic E-state index is 6.85. The van der Waals surface area contributed by atoms with Crippen molar-refractivity contribution in [1.29, 1.82) is 0 Å². The third kappa shape index (κ3) is 5.57. The fourth-order valence-corrected chi connectivity index (χ4v) is 7.86. The number of quaternary nitrogens is 1. The normalized spacial score (nSPS) is 38.9. The van der Waals surface area contributed by atoms with E-state index in [1.165, 1.54) is 48.0 Å². The summed E-state index contributed by atoms with van der Waals surface area (Å²) in [5.74, 6) is 3.48. The number of fused-ring (bicyclic) bond motifs is 4. The van der Waals surface area contributed by atoms with Gasteiger partial charge in [0.25, 0.3) is 0 Å². The molecule has 0 aromatic rings. The molecule has 9 unspecified atom stereocenters. The number of hydrogen-bond donors (Lipinski definition) is 3. The van der Waals surface area contributed by atoms with E-state index in [0.29, 0.717) is 17.8 Å². The van der Waals surface area contributed by atoms with Crippen molar-refractivity contribution < 1.29 is 10.5 Å². The van der Waals surface area contributed by atoms with Gasteiger partial charge in [0, 0.05) is 18.4 Å². The zero-order chi connectivity index (χ0) is 28.1. The summed E-state index contributed by atoms with van der Waals surface area (Å²) in [4.78, 5) is 5.29. The van der Waals surface area contributed by atoms with Crippen LogP contribution in [0.5, 0.6) is 0 Å². The molecule has 0 bridgehead atoms. The van der Waals surface area contributed by atoms with Crippen molar-refractivity contribution in [1.82, 2.24) is 5.32 Å². The first-order chi connectivity index (χ1) is 19.8. The predicted molar refractivity (Wildman–Crippen MR) is 167 cm³/mol. The van der Waals surface area contributed by atoms with Gasteiger partial charge in [-0.3, -0.25) is 5.32 Å². The van der Waals surface area contributed by atoms with Crippen LogP contribution in [0.2, 0.25) is 0 Å². The lowest BCUT2D eigenvalue weighted by Gasteiger charge is -2.35. The van der Waals surface area contributed by atoms with Crippen molar-refractivity contribution >= 4 is 5.84 Å². The summed E-state index contributed by atoms with van der Waals surface area (Å²) in [5, 5.41) is 4.03. The van der Waals surface area contributed by atoms with Crippen LogP contribution < -0.4 is 16.8 Å². The van der Waals surface area contributed by atoms with E-state index in [4.69, 9.17) is 15.5 Å². The molecule has 0 aromatic carbocycles.